The Labute approximate surface area is 99.5 Å². The lowest BCUT2D eigenvalue weighted by molar-refractivity contribution is -0.140. The van der Waals surface area contributed by atoms with Crippen LogP contribution in [0.3, 0.4) is 0 Å². The van der Waals surface area contributed by atoms with E-state index in [0.717, 1.165) is 19.3 Å². The van der Waals surface area contributed by atoms with E-state index in [9.17, 15) is 14.4 Å². The van der Waals surface area contributed by atoms with Gasteiger partial charge in [0, 0.05) is 12.0 Å². The summed E-state index contributed by atoms with van der Waals surface area (Å²) >= 11 is 0. The molecule has 3 rings (SSSR count). The predicted molar refractivity (Wildman–Crippen MR) is 58.7 cm³/mol. The normalized spacial score (nSPS) is 35.7. The van der Waals surface area contributed by atoms with Crippen LogP contribution in [0.15, 0.2) is 0 Å². The van der Waals surface area contributed by atoms with Crippen molar-refractivity contribution in [3.8, 4) is 0 Å². The summed E-state index contributed by atoms with van der Waals surface area (Å²) in [7, 11) is 0. The molecule has 0 radical (unpaired) electrons. The SMILES string of the molecule is C[C@@H]1C[C@H]1C(=O)N(C1CC1)[C@@H]1CC(=O)NC1=O. The van der Waals surface area contributed by atoms with Crippen molar-refractivity contribution in [1.29, 1.82) is 0 Å². The highest BCUT2D eigenvalue weighted by Gasteiger charge is 2.50. The van der Waals surface area contributed by atoms with Crippen molar-refractivity contribution in [3.05, 3.63) is 0 Å². The molecule has 0 bridgehead atoms. The molecule has 5 nitrogen and oxygen atoms in total. The number of hydrogen-bond acceptors (Lipinski definition) is 3. The maximum absolute atomic E-state index is 12.3. The molecule has 3 atom stereocenters. The van der Waals surface area contributed by atoms with Crippen molar-refractivity contribution < 1.29 is 14.4 Å². The Kier molecular flexibility index (Phi) is 2.24. The topological polar surface area (TPSA) is 66.5 Å². The maximum atomic E-state index is 12.3. The molecule has 3 fully saturated rings. The number of nitrogens with one attached hydrogen (secondary N) is 1. The minimum Gasteiger partial charge on any atom is -0.327 e. The van der Waals surface area contributed by atoms with Crippen LogP contribution in [0.5, 0.6) is 0 Å². The average molecular weight is 236 g/mol. The van der Waals surface area contributed by atoms with Crippen molar-refractivity contribution in [1.82, 2.24) is 10.2 Å². The van der Waals surface area contributed by atoms with Gasteiger partial charge in [-0.1, -0.05) is 6.92 Å². The van der Waals surface area contributed by atoms with Crippen LogP contribution in [0.25, 0.3) is 0 Å². The number of imide groups is 1. The third-order valence-corrected chi connectivity index (χ3v) is 3.90. The third kappa shape index (κ3) is 1.83. The van der Waals surface area contributed by atoms with E-state index in [1.807, 2.05) is 6.92 Å². The zero-order valence-corrected chi connectivity index (χ0v) is 9.81. The van der Waals surface area contributed by atoms with Gasteiger partial charge in [-0.05, 0) is 25.2 Å². The van der Waals surface area contributed by atoms with E-state index in [4.69, 9.17) is 0 Å². The summed E-state index contributed by atoms with van der Waals surface area (Å²) in [5, 5.41) is 2.28. The first-order valence-corrected chi connectivity index (χ1v) is 6.24. The molecule has 1 saturated heterocycles. The number of rotatable bonds is 3. The number of carbonyl (C=O) groups excluding carboxylic acids is 3. The van der Waals surface area contributed by atoms with Crippen LogP contribution < -0.4 is 5.32 Å². The quantitative estimate of drug-likeness (QED) is 0.704. The van der Waals surface area contributed by atoms with Crippen LogP contribution in [-0.2, 0) is 14.4 Å². The first-order chi connectivity index (χ1) is 8.08. The summed E-state index contributed by atoms with van der Waals surface area (Å²) in [6.45, 7) is 2.05. The van der Waals surface area contributed by atoms with Gasteiger partial charge in [0.15, 0.2) is 0 Å². The van der Waals surface area contributed by atoms with E-state index in [-0.39, 0.29) is 36.1 Å². The second-order valence-electron chi connectivity index (χ2n) is 5.43. The fourth-order valence-electron chi connectivity index (χ4n) is 2.56. The van der Waals surface area contributed by atoms with Crippen LogP contribution in [0, 0.1) is 11.8 Å². The first-order valence-electron chi connectivity index (χ1n) is 6.24. The van der Waals surface area contributed by atoms with Gasteiger partial charge in [0.1, 0.15) is 6.04 Å². The molecule has 0 aromatic heterocycles. The Hall–Kier alpha value is -1.39. The molecular weight excluding hydrogens is 220 g/mol. The van der Waals surface area contributed by atoms with Gasteiger partial charge < -0.3 is 4.90 Å². The van der Waals surface area contributed by atoms with Crippen molar-refractivity contribution in [2.75, 3.05) is 0 Å². The molecule has 92 valence electrons. The molecule has 3 aliphatic rings. The molecule has 0 spiro atoms. The van der Waals surface area contributed by atoms with E-state index in [2.05, 4.69) is 5.32 Å². The van der Waals surface area contributed by atoms with Gasteiger partial charge in [-0.3, -0.25) is 19.7 Å². The highest BCUT2D eigenvalue weighted by molar-refractivity contribution is 6.07. The molecule has 0 aromatic carbocycles. The van der Waals surface area contributed by atoms with Crippen molar-refractivity contribution in [3.63, 3.8) is 0 Å². The molecule has 1 heterocycles. The Morgan fingerprint density at radius 2 is 2.00 bits per heavy atom. The lowest BCUT2D eigenvalue weighted by Gasteiger charge is -2.26. The number of nitrogens with zero attached hydrogens (tertiary/aromatic N) is 1. The fraction of sp³-hybridized carbons (Fsp3) is 0.750. The van der Waals surface area contributed by atoms with E-state index in [1.165, 1.54) is 0 Å². The van der Waals surface area contributed by atoms with Crippen molar-refractivity contribution in [2.45, 2.75) is 44.7 Å². The summed E-state index contributed by atoms with van der Waals surface area (Å²) in [5.74, 6) is 0.0312. The molecule has 1 aliphatic heterocycles. The lowest BCUT2D eigenvalue weighted by atomic mass is 10.1. The standard InChI is InChI=1S/C12H16N2O3/c1-6-4-8(6)12(17)14(7-2-3-7)9-5-10(15)13-11(9)16/h6-9H,2-5H2,1H3,(H,13,15,16)/t6-,8-,9-/m1/s1. The van der Waals surface area contributed by atoms with Crippen LogP contribution in [-0.4, -0.2) is 34.7 Å². The van der Waals surface area contributed by atoms with Crippen LogP contribution in [0.2, 0.25) is 0 Å². The third-order valence-electron chi connectivity index (χ3n) is 3.90. The largest absolute Gasteiger partial charge is 0.327 e. The smallest absolute Gasteiger partial charge is 0.249 e. The molecule has 2 aliphatic carbocycles. The predicted octanol–water partition coefficient (Wildman–Crippen LogP) is 0.0485. The van der Waals surface area contributed by atoms with Gasteiger partial charge in [0.2, 0.25) is 17.7 Å². The summed E-state index contributed by atoms with van der Waals surface area (Å²) in [5.41, 5.74) is 0. The Morgan fingerprint density at radius 1 is 1.35 bits per heavy atom. The average Bonchev–Trinajstić information content (AvgIpc) is 3.13. The van der Waals surface area contributed by atoms with Gasteiger partial charge in [-0.25, -0.2) is 0 Å². The van der Waals surface area contributed by atoms with Gasteiger partial charge >= 0.3 is 0 Å². The van der Waals surface area contributed by atoms with Crippen molar-refractivity contribution >= 4 is 17.7 Å². The number of carbonyl (C=O) groups is 3. The number of hydrogen-bond donors (Lipinski definition) is 1. The molecule has 0 aromatic rings. The van der Waals surface area contributed by atoms with E-state index in [1.54, 1.807) is 4.90 Å². The second kappa shape index (κ2) is 3.55. The van der Waals surface area contributed by atoms with Gasteiger partial charge in [0.25, 0.3) is 0 Å². The Bertz CT molecular complexity index is 403. The molecular formula is C12H16N2O3. The summed E-state index contributed by atoms with van der Waals surface area (Å²) < 4.78 is 0. The van der Waals surface area contributed by atoms with Gasteiger partial charge in [0.05, 0.1) is 6.42 Å². The van der Waals surface area contributed by atoms with Crippen molar-refractivity contribution in [2.24, 2.45) is 11.8 Å². The van der Waals surface area contributed by atoms with Crippen LogP contribution in [0.4, 0.5) is 0 Å². The Morgan fingerprint density at radius 3 is 2.41 bits per heavy atom. The zero-order valence-electron chi connectivity index (χ0n) is 9.81. The lowest BCUT2D eigenvalue weighted by Crippen LogP contribution is -2.46. The summed E-state index contributed by atoms with van der Waals surface area (Å²) in [6, 6.07) is -0.354. The maximum Gasteiger partial charge on any atom is 0.249 e. The Balaban J connectivity index is 1.78. The minimum atomic E-state index is -0.546. The van der Waals surface area contributed by atoms with E-state index < -0.39 is 6.04 Å². The number of amides is 3. The molecule has 0 unspecified atom stereocenters. The molecule has 5 heteroatoms. The van der Waals surface area contributed by atoms with Gasteiger partial charge in [-0.2, -0.15) is 0 Å². The van der Waals surface area contributed by atoms with Crippen LogP contribution in [0.1, 0.15) is 32.6 Å². The monoisotopic (exact) mass is 236 g/mol. The summed E-state index contributed by atoms with van der Waals surface area (Å²) in [4.78, 5) is 36.8. The molecule has 1 N–H and O–H groups in total. The highest BCUT2D eigenvalue weighted by atomic mass is 16.2. The molecule has 2 saturated carbocycles. The zero-order chi connectivity index (χ0) is 12.2. The second-order valence-corrected chi connectivity index (χ2v) is 5.43. The molecule has 3 amide bonds. The van der Waals surface area contributed by atoms with Gasteiger partial charge in [-0.15, -0.1) is 0 Å². The molecule has 17 heavy (non-hydrogen) atoms. The van der Waals surface area contributed by atoms with E-state index >= 15 is 0 Å². The highest BCUT2D eigenvalue weighted by Crippen LogP contribution is 2.42. The van der Waals surface area contributed by atoms with E-state index in [0.29, 0.717) is 5.92 Å². The van der Waals surface area contributed by atoms with Crippen LogP contribution >= 0.6 is 0 Å². The first kappa shape index (κ1) is 10.7. The fourth-order valence-corrected chi connectivity index (χ4v) is 2.56. The minimum absolute atomic E-state index is 0.0786. The summed E-state index contributed by atoms with van der Waals surface area (Å²) in [6.07, 6.45) is 2.99.